The molecule has 2 heterocycles. The highest BCUT2D eigenvalue weighted by Crippen LogP contribution is 2.21. The second kappa shape index (κ2) is 5.66. The van der Waals surface area contributed by atoms with Crippen molar-refractivity contribution < 1.29 is 4.79 Å². The molecule has 4 nitrogen and oxygen atoms in total. The summed E-state index contributed by atoms with van der Waals surface area (Å²) >= 11 is 0. The summed E-state index contributed by atoms with van der Waals surface area (Å²) in [6, 6.07) is 4.15. The van der Waals surface area contributed by atoms with Crippen LogP contribution in [0.1, 0.15) is 18.4 Å². The summed E-state index contributed by atoms with van der Waals surface area (Å²) in [7, 11) is 1.68. The van der Waals surface area contributed by atoms with Gasteiger partial charge in [-0.05, 0) is 36.8 Å². The normalized spacial score (nSPS) is 16.9. The van der Waals surface area contributed by atoms with Crippen molar-refractivity contribution in [2.75, 3.05) is 20.1 Å². The highest BCUT2D eigenvalue weighted by atomic mass is 16.2. The van der Waals surface area contributed by atoms with E-state index in [1.54, 1.807) is 13.2 Å². The van der Waals surface area contributed by atoms with E-state index in [1.165, 1.54) is 5.56 Å². The molecular weight excluding hydrogens is 214 g/mol. The standard InChI is InChI=1S/C13H19N3O/c1-14-13(17)16-7-4-11(5-8-16)9-12-3-2-6-15-10-12/h2-3,6,10-11H,4-5,7-9H2,1H3,(H,14,17). The molecule has 17 heavy (non-hydrogen) atoms. The molecule has 0 unspecified atom stereocenters. The largest absolute Gasteiger partial charge is 0.341 e. The van der Waals surface area contributed by atoms with Gasteiger partial charge in [-0.3, -0.25) is 4.98 Å². The Bertz CT molecular complexity index is 358. The minimum atomic E-state index is 0.0461. The summed E-state index contributed by atoms with van der Waals surface area (Å²) in [6.07, 6.45) is 6.99. The molecule has 1 N–H and O–H groups in total. The topological polar surface area (TPSA) is 45.2 Å². The minimum absolute atomic E-state index is 0.0461. The van der Waals surface area contributed by atoms with Crippen molar-refractivity contribution in [3.63, 3.8) is 0 Å². The number of amides is 2. The average molecular weight is 233 g/mol. The molecule has 2 rings (SSSR count). The smallest absolute Gasteiger partial charge is 0.317 e. The van der Waals surface area contributed by atoms with Gasteiger partial charge in [0.2, 0.25) is 0 Å². The van der Waals surface area contributed by atoms with E-state index in [0.29, 0.717) is 5.92 Å². The van der Waals surface area contributed by atoms with E-state index >= 15 is 0 Å². The predicted molar refractivity (Wildman–Crippen MR) is 66.7 cm³/mol. The number of likely N-dealkylation sites (tertiary alicyclic amines) is 1. The molecule has 1 aromatic heterocycles. The van der Waals surface area contributed by atoms with E-state index in [2.05, 4.69) is 16.4 Å². The van der Waals surface area contributed by atoms with Gasteiger partial charge in [0, 0.05) is 32.5 Å². The number of carbonyl (C=O) groups is 1. The summed E-state index contributed by atoms with van der Waals surface area (Å²) in [5, 5.41) is 2.68. The van der Waals surface area contributed by atoms with Crippen LogP contribution in [0.5, 0.6) is 0 Å². The fourth-order valence-corrected chi connectivity index (χ4v) is 2.35. The molecule has 2 amide bonds. The maximum atomic E-state index is 11.4. The van der Waals surface area contributed by atoms with Crippen molar-refractivity contribution in [3.8, 4) is 0 Å². The SMILES string of the molecule is CNC(=O)N1CCC(Cc2cccnc2)CC1. The summed E-state index contributed by atoms with van der Waals surface area (Å²) in [4.78, 5) is 17.5. The van der Waals surface area contributed by atoms with Gasteiger partial charge in [0.25, 0.3) is 0 Å². The van der Waals surface area contributed by atoms with Gasteiger partial charge in [-0.1, -0.05) is 6.07 Å². The van der Waals surface area contributed by atoms with E-state index in [-0.39, 0.29) is 6.03 Å². The molecule has 1 aliphatic rings. The average Bonchev–Trinajstić information content (AvgIpc) is 2.40. The van der Waals surface area contributed by atoms with Crippen LogP contribution in [-0.4, -0.2) is 36.1 Å². The molecule has 0 atom stereocenters. The number of nitrogens with one attached hydrogen (secondary N) is 1. The van der Waals surface area contributed by atoms with Gasteiger partial charge >= 0.3 is 6.03 Å². The molecule has 0 radical (unpaired) electrons. The number of hydrogen-bond donors (Lipinski definition) is 1. The molecule has 0 spiro atoms. The van der Waals surface area contributed by atoms with E-state index in [1.807, 2.05) is 17.2 Å². The molecule has 0 aromatic carbocycles. The Morgan fingerprint density at radius 2 is 2.29 bits per heavy atom. The Hall–Kier alpha value is -1.58. The molecule has 0 aliphatic carbocycles. The van der Waals surface area contributed by atoms with Gasteiger partial charge < -0.3 is 10.2 Å². The van der Waals surface area contributed by atoms with Crippen LogP contribution >= 0.6 is 0 Å². The zero-order valence-electron chi connectivity index (χ0n) is 10.2. The van der Waals surface area contributed by atoms with Crippen molar-refractivity contribution >= 4 is 6.03 Å². The second-order valence-corrected chi connectivity index (χ2v) is 4.55. The van der Waals surface area contributed by atoms with Crippen LogP contribution in [0.15, 0.2) is 24.5 Å². The molecular formula is C13H19N3O. The molecule has 0 bridgehead atoms. The van der Waals surface area contributed by atoms with Crippen LogP contribution in [-0.2, 0) is 6.42 Å². The van der Waals surface area contributed by atoms with E-state index in [9.17, 15) is 4.79 Å². The van der Waals surface area contributed by atoms with E-state index < -0.39 is 0 Å². The number of urea groups is 1. The number of rotatable bonds is 2. The van der Waals surface area contributed by atoms with E-state index in [4.69, 9.17) is 0 Å². The van der Waals surface area contributed by atoms with Crippen molar-refractivity contribution in [2.45, 2.75) is 19.3 Å². The third-order valence-electron chi connectivity index (χ3n) is 3.36. The molecule has 1 aliphatic heterocycles. The van der Waals surface area contributed by atoms with Crippen LogP contribution in [0.2, 0.25) is 0 Å². The van der Waals surface area contributed by atoms with E-state index in [0.717, 1.165) is 32.4 Å². The fourth-order valence-electron chi connectivity index (χ4n) is 2.35. The Morgan fingerprint density at radius 1 is 1.53 bits per heavy atom. The molecule has 1 aromatic rings. The third-order valence-corrected chi connectivity index (χ3v) is 3.36. The van der Waals surface area contributed by atoms with Crippen LogP contribution in [0, 0.1) is 5.92 Å². The monoisotopic (exact) mass is 233 g/mol. The van der Waals surface area contributed by atoms with Gasteiger partial charge in [-0.25, -0.2) is 4.79 Å². The Labute approximate surface area is 102 Å². The summed E-state index contributed by atoms with van der Waals surface area (Å²) in [5.74, 6) is 0.681. The predicted octanol–water partition coefficient (Wildman–Crippen LogP) is 1.68. The minimum Gasteiger partial charge on any atom is -0.341 e. The van der Waals surface area contributed by atoms with Crippen molar-refractivity contribution in [1.29, 1.82) is 0 Å². The van der Waals surface area contributed by atoms with Crippen LogP contribution in [0.3, 0.4) is 0 Å². The molecule has 92 valence electrons. The highest BCUT2D eigenvalue weighted by Gasteiger charge is 2.21. The van der Waals surface area contributed by atoms with Crippen molar-refractivity contribution in [1.82, 2.24) is 15.2 Å². The Kier molecular flexibility index (Phi) is 3.96. The van der Waals surface area contributed by atoms with Gasteiger partial charge in [0.1, 0.15) is 0 Å². The quantitative estimate of drug-likeness (QED) is 0.844. The number of hydrogen-bond acceptors (Lipinski definition) is 2. The highest BCUT2D eigenvalue weighted by molar-refractivity contribution is 5.73. The molecule has 1 saturated heterocycles. The first kappa shape index (κ1) is 11.9. The van der Waals surface area contributed by atoms with Gasteiger partial charge in [-0.2, -0.15) is 0 Å². The summed E-state index contributed by atoms with van der Waals surface area (Å²) in [5.41, 5.74) is 1.30. The molecule has 4 heteroatoms. The number of nitrogens with zero attached hydrogens (tertiary/aromatic N) is 2. The number of carbonyl (C=O) groups excluding carboxylic acids is 1. The summed E-state index contributed by atoms with van der Waals surface area (Å²) < 4.78 is 0. The molecule has 1 fully saturated rings. The van der Waals surface area contributed by atoms with Crippen molar-refractivity contribution in [2.24, 2.45) is 5.92 Å². The maximum Gasteiger partial charge on any atom is 0.317 e. The number of pyridine rings is 1. The van der Waals surface area contributed by atoms with Gasteiger partial charge in [-0.15, -0.1) is 0 Å². The first-order chi connectivity index (χ1) is 8.29. The first-order valence-electron chi connectivity index (χ1n) is 6.15. The Balaban J connectivity index is 1.82. The third kappa shape index (κ3) is 3.19. The lowest BCUT2D eigenvalue weighted by molar-refractivity contribution is 0.172. The number of piperidine rings is 1. The Morgan fingerprint density at radius 3 is 2.88 bits per heavy atom. The lowest BCUT2D eigenvalue weighted by atomic mass is 9.91. The summed E-state index contributed by atoms with van der Waals surface area (Å²) in [6.45, 7) is 1.73. The lowest BCUT2D eigenvalue weighted by Crippen LogP contribution is -2.43. The molecule has 0 saturated carbocycles. The zero-order chi connectivity index (χ0) is 12.1. The van der Waals surface area contributed by atoms with Crippen LogP contribution in [0.4, 0.5) is 4.79 Å². The lowest BCUT2D eigenvalue weighted by Gasteiger charge is -2.31. The first-order valence-corrected chi connectivity index (χ1v) is 6.15. The second-order valence-electron chi connectivity index (χ2n) is 4.55. The van der Waals surface area contributed by atoms with Gasteiger partial charge in [0.15, 0.2) is 0 Å². The van der Waals surface area contributed by atoms with Gasteiger partial charge in [0.05, 0.1) is 0 Å². The van der Waals surface area contributed by atoms with Crippen LogP contribution in [0.25, 0.3) is 0 Å². The van der Waals surface area contributed by atoms with Crippen molar-refractivity contribution in [3.05, 3.63) is 30.1 Å². The maximum absolute atomic E-state index is 11.4. The fraction of sp³-hybridized carbons (Fsp3) is 0.538. The van der Waals surface area contributed by atoms with Crippen LogP contribution < -0.4 is 5.32 Å². The zero-order valence-corrected chi connectivity index (χ0v) is 10.2. The number of aromatic nitrogens is 1.